The number of nitrogens with zero attached hydrogens (tertiary/aromatic N) is 1. The summed E-state index contributed by atoms with van der Waals surface area (Å²) in [6.07, 6.45) is 0. The number of benzene rings is 1. The highest BCUT2D eigenvalue weighted by molar-refractivity contribution is 5.76. The van der Waals surface area contributed by atoms with E-state index < -0.39 is 5.76 Å². The van der Waals surface area contributed by atoms with Crippen molar-refractivity contribution >= 4 is 11.1 Å². The second kappa shape index (κ2) is 2.14. The Hall–Kier alpha value is -1.71. The molecule has 12 heavy (non-hydrogen) atoms. The summed E-state index contributed by atoms with van der Waals surface area (Å²) in [4.78, 5) is 11.0. The van der Waals surface area contributed by atoms with Crippen LogP contribution in [0.4, 0.5) is 0 Å². The highest BCUT2D eigenvalue weighted by Gasteiger charge is 2.07. The van der Waals surface area contributed by atoms with E-state index in [0.717, 1.165) is 10.2 Å². The minimum atomic E-state index is -0.528. The number of rotatable bonds is 0. The molecule has 2 N–H and O–H groups in total. The molecule has 2 rings (SSSR count). The zero-order chi connectivity index (χ0) is 8.72. The Kier molecular flexibility index (Phi) is 1.24. The number of oxazole rings is 1. The predicted octanol–water partition coefficient (Wildman–Crippen LogP) is 0.617. The third kappa shape index (κ3) is 0.747. The van der Waals surface area contributed by atoms with Gasteiger partial charge in [-0.3, -0.25) is 0 Å². The molecule has 2 aromatic rings. The average Bonchev–Trinajstić information content (AvgIpc) is 2.29. The molecule has 4 nitrogen and oxygen atoms in total. The lowest BCUT2D eigenvalue weighted by molar-refractivity contribution is 0.535. The summed E-state index contributed by atoms with van der Waals surface area (Å²) in [7, 11) is 0. The first-order valence-electron chi connectivity index (χ1n) is 3.56. The van der Waals surface area contributed by atoms with Gasteiger partial charge in [0.15, 0.2) is 5.58 Å². The van der Waals surface area contributed by atoms with Crippen molar-refractivity contribution < 1.29 is 4.42 Å². The average molecular weight is 164 g/mol. The molecule has 0 amide bonds. The van der Waals surface area contributed by atoms with Crippen molar-refractivity contribution in [2.45, 2.75) is 6.92 Å². The van der Waals surface area contributed by atoms with Crippen molar-refractivity contribution in [1.82, 2.24) is 4.68 Å². The van der Waals surface area contributed by atoms with Crippen molar-refractivity contribution in [2.24, 2.45) is 0 Å². The molecule has 0 fully saturated rings. The quantitative estimate of drug-likeness (QED) is 0.580. The molecule has 0 saturated heterocycles. The van der Waals surface area contributed by atoms with Crippen LogP contribution < -0.4 is 11.6 Å². The van der Waals surface area contributed by atoms with Gasteiger partial charge in [-0.15, -0.1) is 0 Å². The monoisotopic (exact) mass is 164 g/mol. The maximum atomic E-state index is 11.0. The van der Waals surface area contributed by atoms with Crippen LogP contribution in [0.1, 0.15) is 5.56 Å². The lowest BCUT2D eigenvalue weighted by Crippen LogP contribution is -2.22. The van der Waals surface area contributed by atoms with Gasteiger partial charge < -0.3 is 10.3 Å². The fraction of sp³-hybridized carbons (Fsp3) is 0.125. The van der Waals surface area contributed by atoms with Gasteiger partial charge in [-0.2, -0.15) is 4.68 Å². The van der Waals surface area contributed by atoms with Crippen LogP contribution in [0.5, 0.6) is 0 Å². The highest BCUT2D eigenvalue weighted by atomic mass is 16.4. The van der Waals surface area contributed by atoms with E-state index in [9.17, 15) is 4.79 Å². The SMILES string of the molecule is Cc1cccc2oc(=O)n(N)c12. The van der Waals surface area contributed by atoms with Crippen LogP contribution in [0.15, 0.2) is 27.4 Å². The number of fused-ring (bicyclic) bond motifs is 1. The summed E-state index contributed by atoms with van der Waals surface area (Å²) in [5.41, 5.74) is 2.12. The highest BCUT2D eigenvalue weighted by Crippen LogP contribution is 2.14. The van der Waals surface area contributed by atoms with Crippen molar-refractivity contribution in [3.63, 3.8) is 0 Å². The van der Waals surface area contributed by atoms with Gasteiger partial charge in [0.2, 0.25) is 0 Å². The summed E-state index contributed by atoms with van der Waals surface area (Å²) >= 11 is 0. The van der Waals surface area contributed by atoms with E-state index >= 15 is 0 Å². The summed E-state index contributed by atoms with van der Waals surface area (Å²) in [5, 5.41) is 0. The topological polar surface area (TPSA) is 61.2 Å². The van der Waals surface area contributed by atoms with Crippen molar-refractivity contribution in [2.75, 3.05) is 5.84 Å². The molecule has 0 atom stereocenters. The Morgan fingerprint density at radius 2 is 2.25 bits per heavy atom. The smallest absolute Gasteiger partial charge is 0.406 e. The second-order valence-corrected chi connectivity index (χ2v) is 2.66. The fourth-order valence-electron chi connectivity index (χ4n) is 1.26. The first-order valence-corrected chi connectivity index (χ1v) is 3.56. The number of aryl methyl sites for hydroxylation is 1. The number of aromatic nitrogens is 1. The van der Waals surface area contributed by atoms with Gasteiger partial charge in [-0.25, -0.2) is 4.79 Å². The number of hydrogen-bond acceptors (Lipinski definition) is 3. The molecule has 0 aliphatic carbocycles. The van der Waals surface area contributed by atoms with Gasteiger partial charge in [-0.05, 0) is 18.6 Å². The van der Waals surface area contributed by atoms with E-state index in [4.69, 9.17) is 10.3 Å². The van der Waals surface area contributed by atoms with Crippen LogP contribution >= 0.6 is 0 Å². The van der Waals surface area contributed by atoms with E-state index in [1.807, 2.05) is 19.1 Å². The number of nitrogens with two attached hydrogens (primary N) is 1. The summed E-state index contributed by atoms with van der Waals surface area (Å²) in [5.74, 6) is 4.92. The summed E-state index contributed by atoms with van der Waals surface area (Å²) in [6.45, 7) is 1.88. The van der Waals surface area contributed by atoms with Gasteiger partial charge in [-0.1, -0.05) is 12.1 Å². The molecule has 0 radical (unpaired) electrons. The lowest BCUT2D eigenvalue weighted by Gasteiger charge is -1.94. The summed E-state index contributed by atoms with van der Waals surface area (Å²) < 4.78 is 5.88. The Morgan fingerprint density at radius 3 is 2.92 bits per heavy atom. The Balaban J connectivity index is 3.07. The third-order valence-corrected chi connectivity index (χ3v) is 1.84. The molecule has 0 spiro atoms. The molecule has 4 heteroatoms. The molecule has 1 aromatic heterocycles. The molecule has 1 heterocycles. The predicted molar refractivity (Wildman–Crippen MR) is 45.4 cm³/mol. The number of para-hydroxylation sites is 1. The zero-order valence-corrected chi connectivity index (χ0v) is 6.57. The number of nitrogen functional groups attached to an aromatic ring is 1. The van der Waals surface area contributed by atoms with Crippen LogP contribution in [0.3, 0.4) is 0 Å². The normalized spacial score (nSPS) is 10.8. The van der Waals surface area contributed by atoms with Crippen LogP contribution in [0.2, 0.25) is 0 Å². The van der Waals surface area contributed by atoms with Gasteiger partial charge in [0.25, 0.3) is 0 Å². The Labute approximate surface area is 68.2 Å². The summed E-state index contributed by atoms with van der Waals surface area (Å²) in [6, 6.07) is 5.41. The largest absolute Gasteiger partial charge is 0.438 e. The third-order valence-electron chi connectivity index (χ3n) is 1.84. The number of hydrogen-bond donors (Lipinski definition) is 1. The molecule has 1 aromatic carbocycles. The van der Waals surface area contributed by atoms with Crippen LogP contribution in [0.25, 0.3) is 11.1 Å². The van der Waals surface area contributed by atoms with Crippen molar-refractivity contribution in [1.29, 1.82) is 0 Å². The standard InChI is InChI=1S/C8H8N2O2/c1-5-3-2-4-6-7(5)10(9)8(11)12-6/h2-4H,9H2,1H3. The molecular formula is C8H8N2O2. The molecule has 0 bridgehead atoms. The minimum absolute atomic E-state index is 0.528. The second-order valence-electron chi connectivity index (χ2n) is 2.66. The van der Waals surface area contributed by atoms with Gasteiger partial charge >= 0.3 is 5.76 Å². The molecule has 0 aliphatic heterocycles. The Morgan fingerprint density at radius 1 is 1.50 bits per heavy atom. The fourth-order valence-corrected chi connectivity index (χ4v) is 1.26. The maximum absolute atomic E-state index is 11.0. The van der Waals surface area contributed by atoms with Crippen molar-refractivity contribution in [3.05, 3.63) is 34.3 Å². The van der Waals surface area contributed by atoms with E-state index in [2.05, 4.69) is 0 Å². The minimum Gasteiger partial charge on any atom is -0.406 e. The van der Waals surface area contributed by atoms with Crippen LogP contribution in [-0.4, -0.2) is 4.68 Å². The maximum Gasteiger partial charge on any atom is 0.438 e. The molecule has 0 saturated carbocycles. The van der Waals surface area contributed by atoms with E-state index in [-0.39, 0.29) is 0 Å². The van der Waals surface area contributed by atoms with Gasteiger partial charge in [0, 0.05) is 0 Å². The zero-order valence-electron chi connectivity index (χ0n) is 6.57. The van der Waals surface area contributed by atoms with E-state index in [1.54, 1.807) is 6.07 Å². The first-order chi connectivity index (χ1) is 5.70. The van der Waals surface area contributed by atoms with Gasteiger partial charge in [0.1, 0.15) is 5.52 Å². The lowest BCUT2D eigenvalue weighted by atomic mass is 10.2. The van der Waals surface area contributed by atoms with E-state index in [0.29, 0.717) is 11.1 Å². The molecular weight excluding hydrogens is 156 g/mol. The molecule has 62 valence electrons. The van der Waals surface area contributed by atoms with E-state index in [1.165, 1.54) is 0 Å². The molecule has 0 unspecified atom stereocenters. The first kappa shape index (κ1) is 6.97. The van der Waals surface area contributed by atoms with Crippen molar-refractivity contribution in [3.8, 4) is 0 Å². The van der Waals surface area contributed by atoms with Crippen LogP contribution in [0, 0.1) is 6.92 Å². The van der Waals surface area contributed by atoms with Crippen LogP contribution in [-0.2, 0) is 0 Å². The molecule has 0 aliphatic rings. The Bertz CT molecular complexity index is 481. The van der Waals surface area contributed by atoms with Gasteiger partial charge in [0.05, 0.1) is 0 Å².